The Bertz CT molecular complexity index is 4260. The molecule has 0 N–H and O–H groups in total. The lowest BCUT2D eigenvalue weighted by molar-refractivity contribution is -0.397. The van der Waals surface area contributed by atoms with Crippen LogP contribution < -0.4 is 0 Å². The third-order valence-electron chi connectivity index (χ3n) is 20.6. The Labute approximate surface area is 797 Å². The minimum Gasteiger partial charge on any atom is -0.463 e. The highest BCUT2D eigenvalue weighted by molar-refractivity contribution is 5.73. The molecule has 0 aliphatic carbocycles. The SMILES string of the molecule is C=CCOC[C@H]1O[C@@H]2O[C@H]3[C@H](OC(C)=O)[C@@H](OC(C)=O)[C@@H](O[C@H]4[C@H](OC(C)=O)[C@@H](OC(C)=O)[C@@H](O[C@H]5[C@H](OC(C)=O)[C@@H](OC(C)=O)[C@@H](O[C@H]6[C@H](OC(C)=O)[C@@H](OC(C)=O)[C@@H](O[C@H]7[C@H](OC(C)=O)[C@@H](OC(C)=O)[C@@H](O[C@H]8[C@H](OC(C)=O)[C@@H](OC(C)=O)[C@@H](O[C@H]1[C@H](OC(C)=O)[C@H]2OC(C)=O)O[C@@H]8COC(C)=O)O[C@@H]7COC(C)=O)O[C@@H]6COC(C)=O)O[C@@H]5COC(C)=O)O[C@@H]4COC(C)=O)O[C@@H]3COC(C)=O. The molecule has 0 amide bonds. The predicted molar refractivity (Wildman–Crippen MR) is 433 cm³/mol. The number of carbonyl (C=O) groups excluding carboxylic acids is 20. The summed E-state index contributed by atoms with van der Waals surface area (Å²) in [4.78, 5) is 274. The maximum atomic E-state index is 14.0. The van der Waals surface area contributed by atoms with Crippen molar-refractivity contribution in [1.29, 1.82) is 0 Å². The Morgan fingerprint density at radius 2 is 0.286 bits per heavy atom. The van der Waals surface area contributed by atoms with E-state index in [9.17, 15) is 95.9 Å². The lowest BCUT2D eigenvalue weighted by Crippen LogP contribution is -2.70. The Morgan fingerprint density at radius 3 is 0.393 bits per heavy atom. The van der Waals surface area contributed by atoms with Crippen molar-refractivity contribution >= 4 is 119 Å². The van der Waals surface area contributed by atoms with Crippen LogP contribution in [-0.2, 0) is 262 Å². The van der Waals surface area contributed by atoms with Gasteiger partial charge in [0, 0.05) is 138 Å². The first kappa shape index (κ1) is 114. The smallest absolute Gasteiger partial charge is 0.303 e. The van der Waals surface area contributed by atoms with Gasteiger partial charge in [-0.3, -0.25) is 95.9 Å². The van der Waals surface area contributed by atoms with Gasteiger partial charge >= 0.3 is 119 Å². The summed E-state index contributed by atoms with van der Waals surface area (Å²) in [6.45, 7) is 12.6. The maximum Gasteiger partial charge on any atom is 0.303 e. The molecule has 55 heteroatoms. The second-order valence-corrected chi connectivity index (χ2v) is 32.2. The van der Waals surface area contributed by atoms with E-state index in [2.05, 4.69) is 6.58 Å². The third-order valence-corrected chi connectivity index (χ3v) is 20.6. The number of hydrogen-bond donors (Lipinski definition) is 0. The first-order chi connectivity index (χ1) is 65.8. The van der Waals surface area contributed by atoms with E-state index in [-0.39, 0.29) is 6.61 Å². The number of rotatable bonds is 30. The number of esters is 20. The summed E-state index contributed by atoms with van der Waals surface area (Å²) in [6, 6.07) is 0. The van der Waals surface area contributed by atoms with Crippen LogP contribution in [0.2, 0.25) is 0 Å². The molecule has 0 aromatic rings. The highest BCUT2D eigenvalue weighted by Crippen LogP contribution is 2.45. The quantitative estimate of drug-likeness (QED) is 0.0308. The van der Waals surface area contributed by atoms with Gasteiger partial charge in [-0.2, -0.15) is 0 Å². The van der Waals surface area contributed by atoms with Crippen LogP contribution >= 0.6 is 0 Å². The normalized spacial score (nSPS) is 34.7. The molecule has 21 aliphatic rings. The van der Waals surface area contributed by atoms with E-state index in [0.717, 1.165) is 138 Å². The fourth-order valence-electron chi connectivity index (χ4n) is 16.1. The second kappa shape index (κ2) is 52.3. The minimum absolute atomic E-state index is 0.388. The molecular weight excluding hydrogens is 1900 g/mol. The molecule has 14 bridgehead atoms. The molecule has 21 rings (SSSR count). The topological polar surface area (TPSA) is 664 Å². The Kier molecular flexibility index (Phi) is 42.5. The summed E-state index contributed by atoms with van der Waals surface area (Å²) < 4.78 is 216. The van der Waals surface area contributed by atoms with Gasteiger partial charge in [-0.15, -0.1) is 6.58 Å². The first-order valence-corrected chi connectivity index (χ1v) is 43.4. The van der Waals surface area contributed by atoms with Gasteiger partial charge in [0.15, 0.2) is 129 Å². The van der Waals surface area contributed by atoms with Crippen LogP contribution in [0.25, 0.3) is 0 Å². The molecule has 0 saturated carbocycles. The second-order valence-electron chi connectivity index (χ2n) is 32.2. The maximum absolute atomic E-state index is 14.0. The summed E-state index contributed by atoms with van der Waals surface area (Å²) in [5.74, 6) is -24.6. The van der Waals surface area contributed by atoms with E-state index in [1.54, 1.807) is 0 Å². The van der Waals surface area contributed by atoms with Crippen molar-refractivity contribution in [2.75, 3.05) is 52.9 Å². The zero-order valence-electron chi connectivity index (χ0n) is 79.6. The molecule has 784 valence electrons. The molecular formula is C85H114O55. The third kappa shape index (κ3) is 32.5. The predicted octanol–water partition coefficient (Wildman–Crippen LogP) is -2.60. The van der Waals surface area contributed by atoms with Gasteiger partial charge in [-0.25, -0.2) is 0 Å². The van der Waals surface area contributed by atoms with E-state index >= 15 is 0 Å². The molecule has 0 unspecified atom stereocenters. The van der Waals surface area contributed by atoms with E-state index in [4.69, 9.17) is 166 Å². The average molecular weight is 2020 g/mol. The van der Waals surface area contributed by atoms with Crippen molar-refractivity contribution in [2.24, 2.45) is 0 Å². The molecule has 21 heterocycles. The van der Waals surface area contributed by atoms with E-state index < -0.39 is 381 Å². The molecule has 35 atom stereocenters. The van der Waals surface area contributed by atoms with Crippen LogP contribution in [-0.4, -0.2) is 387 Å². The van der Waals surface area contributed by atoms with Gasteiger partial charge in [0.25, 0.3) is 0 Å². The lowest BCUT2D eigenvalue weighted by atomic mass is 9.94. The summed E-state index contributed by atoms with van der Waals surface area (Å²) in [5, 5.41) is 0. The summed E-state index contributed by atoms with van der Waals surface area (Å²) >= 11 is 0. The summed E-state index contributed by atoms with van der Waals surface area (Å²) in [7, 11) is 0. The van der Waals surface area contributed by atoms with Crippen molar-refractivity contribution in [2.45, 2.75) is 353 Å². The van der Waals surface area contributed by atoms with Gasteiger partial charge in [0.1, 0.15) is 125 Å². The molecule has 55 nitrogen and oxygen atoms in total. The first-order valence-electron chi connectivity index (χ1n) is 43.4. The van der Waals surface area contributed by atoms with Crippen molar-refractivity contribution in [3.63, 3.8) is 0 Å². The highest BCUT2D eigenvalue weighted by Gasteiger charge is 2.66. The van der Waals surface area contributed by atoms with Gasteiger partial charge in [-0.1, -0.05) is 6.08 Å². The molecule has 140 heavy (non-hydrogen) atoms. The Morgan fingerprint density at radius 1 is 0.171 bits per heavy atom. The largest absolute Gasteiger partial charge is 0.463 e. The molecule has 21 fully saturated rings. The zero-order chi connectivity index (χ0) is 104. The van der Waals surface area contributed by atoms with Crippen LogP contribution in [0.3, 0.4) is 0 Å². The summed E-state index contributed by atoms with van der Waals surface area (Å²) in [6.07, 6.45) is -78.8. The van der Waals surface area contributed by atoms with E-state index in [1.165, 1.54) is 6.08 Å². The Hall–Kier alpha value is -11.5. The van der Waals surface area contributed by atoms with Crippen molar-refractivity contribution in [3.05, 3.63) is 12.7 Å². The number of hydrogen-bond acceptors (Lipinski definition) is 55. The van der Waals surface area contributed by atoms with Crippen LogP contribution in [0, 0.1) is 0 Å². The fraction of sp³-hybridized carbons (Fsp3) is 0.741. The minimum atomic E-state index is -2.46. The molecule has 0 spiro atoms. The molecule has 21 saturated heterocycles. The summed E-state index contributed by atoms with van der Waals surface area (Å²) in [5.41, 5.74) is 0. The fourth-order valence-corrected chi connectivity index (χ4v) is 16.1. The Balaban J connectivity index is 1.51. The van der Waals surface area contributed by atoms with Gasteiger partial charge in [-0.05, 0) is 0 Å². The van der Waals surface area contributed by atoms with Crippen molar-refractivity contribution < 1.29 is 262 Å². The standard InChI is InChI=1S/C85H114O55/c1-22-23-106-24-51-58-65(113-37(8)92)72(120-44(15)99)79(127-51)135-59-52(25-107-31(2)86)129-81(74(122-46(17)101)66(59)114-38(9)93)137-61-54(27-109-33(4)88)131-83(76(124-48(19)103)68(61)116-40(11)95)139-63-56(29-111-35(6)90)133-85(78(126-50(21)105)70(63)118-42(13)97)140-64-57(30-112-36(7)91)132-84(77(125-49(20)104)71(64)119-43(14)98)138-62-55(28-110-34(5)89)130-82(75(123-47(18)102)69(62)117-41(12)96)136-60-53(26-108-32(3)87)128-80(134-58)73(121-45(16)100)67(60)115-39(10)94/h22,51-85H,1,23-30H2,2-21H3/t51-,52-,53-,54-,55-,56-,57-,58-,59-,60-,61-,62-,63-,64-,65+,66+,67+,68+,69+,70+,71+,72-,73-,74-,75-,76-,77-,78-,79-,80-,81-,82-,83-,84-,85-/m1/s1. The highest BCUT2D eigenvalue weighted by atomic mass is 16.8. The van der Waals surface area contributed by atoms with Crippen molar-refractivity contribution in [3.8, 4) is 0 Å². The molecule has 0 aromatic heterocycles. The monoisotopic (exact) mass is 2010 g/mol. The molecule has 0 aromatic carbocycles. The van der Waals surface area contributed by atoms with Gasteiger partial charge in [0.2, 0.25) is 0 Å². The van der Waals surface area contributed by atoms with E-state index in [0.29, 0.717) is 0 Å². The zero-order valence-corrected chi connectivity index (χ0v) is 79.6. The number of carbonyl (C=O) groups is 20. The van der Waals surface area contributed by atoms with Gasteiger partial charge < -0.3 is 166 Å². The van der Waals surface area contributed by atoms with Crippen molar-refractivity contribution in [1.82, 2.24) is 0 Å². The van der Waals surface area contributed by atoms with Crippen LogP contribution in [0.5, 0.6) is 0 Å². The van der Waals surface area contributed by atoms with Crippen LogP contribution in [0.4, 0.5) is 0 Å². The van der Waals surface area contributed by atoms with Gasteiger partial charge in [0.05, 0.1) is 13.2 Å². The average Bonchev–Trinajstić information content (AvgIpc) is 0.796. The van der Waals surface area contributed by atoms with Crippen LogP contribution in [0.1, 0.15) is 138 Å². The molecule has 0 radical (unpaired) electrons. The number of ether oxygens (including phenoxy) is 35. The van der Waals surface area contributed by atoms with E-state index in [1.807, 2.05) is 0 Å². The lowest BCUT2D eigenvalue weighted by Gasteiger charge is -2.52. The van der Waals surface area contributed by atoms with Crippen LogP contribution in [0.15, 0.2) is 12.7 Å². The molecule has 21 aliphatic heterocycles.